The van der Waals surface area contributed by atoms with Gasteiger partial charge in [-0.2, -0.15) is 0 Å². The van der Waals surface area contributed by atoms with Crippen LogP contribution in [0.2, 0.25) is 5.02 Å². The minimum absolute atomic E-state index is 0.150. The number of hydrogen-bond acceptors (Lipinski definition) is 3. The number of benzene rings is 1. The fourth-order valence-corrected chi connectivity index (χ4v) is 4.04. The minimum Gasteiger partial charge on any atom is -0.376 e. The monoisotopic (exact) mass is 345 g/mol. The van der Waals surface area contributed by atoms with Crippen LogP contribution in [0.4, 0.5) is 16.4 Å². The summed E-state index contributed by atoms with van der Waals surface area (Å²) in [7, 11) is 0. The van der Waals surface area contributed by atoms with Crippen LogP contribution >= 0.6 is 22.9 Å². The van der Waals surface area contributed by atoms with Gasteiger partial charge in [0, 0.05) is 10.7 Å². The fraction of sp³-hybridized carbons (Fsp3) is 0.294. The molecule has 118 valence electrons. The van der Waals surface area contributed by atoms with Crippen molar-refractivity contribution in [2.45, 2.75) is 25.7 Å². The van der Waals surface area contributed by atoms with Gasteiger partial charge in [0.25, 0.3) is 0 Å². The maximum atomic E-state index is 12.1. The van der Waals surface area contributed by atoms with Gasteiger partial charge in [-0.05, 0) is 54.0 Å². The van der Waals surface area contributed by atoms with Crippen molar-refractivity contribution in [3.8, 4) is 0 Å². The first-order chi connectivity index (χ1) is 11.2. The van der Waals surface area contributed by atoms with E-state index in [1.165, 1.54) is 4.88 Å². The molecule has 0 spiro atoms. The smallest absolute Gasteiger partial charge is 0.243 e. The van der Waals surface area contributed by atoms with E-state index in [4.69, 9.17) is 18.2 Å². The molecule has 1 aliphatic rings. The van der Waals surface area contributed by atoms with E-state index in [1.54, 1.807) is 23.5 Å². The minimum atomic E-state index is -0.150. The molecular weight excluding hydrogens is 330 g/mol. The number of rotatable bonds is 4. The van der Waals surface area contributed by atoms with Crippen molar-refractivity contribution in [1.82, 2.24) is 0 Å². The largest absolute Gasteiger partial charge is 0.376 e. The van der Waals surface area contributed by atoms with Gasteiger partial charge in [-0.1, -0.05) is 18.0 Å². The van der Waals surface area contributed by atoms with Gasteiger partial charge in [0.05, 0.1) is 13.1 Å². The van der Waals surface area contributed by atoms with E-state index in [1.807, 2.05) is 12.1 Å². The van der Waals surface area contributed by atoms with Gasteiger partial charge in [0.15, 0.2) is 0 Å². The molecule has 1 heterocycles. The van der Waals surface area contributed by atoms with E-state index >= 15 is 0 Å². The van der Waals surface area contributed by atoms with Gasteiger partial charge in [-0.25, -0.2) is 4.85 Å². The molecule has 23 heavy (non-hydrogen) atoms. The fourth-order valence-electron chi connectivity index (χ4n) is 2.67. The number of nitrogens with zero attached hydrogens (tertiary/aromatic N) is 1. The zero-order valence-corrected chi connectivity index (χ0v) is 14.1. The summed E-state index contributed by atoms with van der Waals surface area (Å²) in [5.74, 6) is -0.150. The lowest BCUT2D eigenvalue weighted by Crippen LogP contribution is -2.21. The number of aryl methyl sites for hydroxylation is 1. The highest BCUT2D eigenvalue weighted by molar-refractivity contribution is 7.17. The summed E-state index contributed by atoms with van der Waals surface area (Å²) in [6.07, 6.45) is 4.25. The maximum Gasteiger partial charge on any atom is 0.243 e. The highest BCUT2D eigenvalue weighted by Crippen LogP contribution is 2.43. The zero-order chi connectivity index (χ0) is 16.2. The Balaban J connectivity index is 1.65. The molecule has 0 atom stereocenters. The number of fused-ring (bicyclic) bond motifs is 1. The lowest BCUT2D eigenvalue weighted by atomic mass is 9.98. The highest BCUT2D eigenvalue weighted by atomic mass is 35.5. The summed E-state index contributed by atoms with van der Waals surface area (Å²) < 4.78 is 0. The van der Waals surface area contributed by atoms with Crippen LogP contribution in [0.1, 0.15) is 23.3 Å². The molecule has 0 bridgehead atoms. The summed E-state index contributed by atoms with van der Waals surface area (Å²) in [5, 5.41) is 7.27. The zero-order valence-electron chi connectivity index (χ0n) is 12.5. The second-order valence-corrected chi connectivity index (χ2v) is 6.95. The van der Waals surface area contributed by atoms with Gasteiger partial charge in [-0.3, -0.25) is 4.79 Å². The summed E-state index contributed by atoms with van der Waals surface area (Å²) in [5.41, 5.74) is 2.60. The number of amides is 1. The van der Waals surface area contributed by atoms with Crippen LogP contribution < -0.4 is 10.6 Å². The van der Waals surface area contributed by atoms with Crippen LogP contribution in [0, 0.1) is 6.57 Å². The lowest BCUT2D eigenvalue weighted by molar-refractivity contribution is -0.114. The Morgan fingerprint density at radius 1 is 1.26 bits per heavy atom. The van der Waals surface area contributed by atoms with E-state index in [2.05, 4.69) is 15.5 Å². The predicted molar refractivity (Wildman–Crippen MR) is 95.8 cm³/mol. The third-order valence-electron chi connectivity index (χ3n) is 3.81. The Kier molecular flexibility index (Phi) is 4.85. The second-order valence-electron chi connectivity index (χ2n) is 5.41. The number of halogens is 1. The SMILES string of the molecule is [C-]#[N+]c1c(NC(=O)CNc2ccc(Cl)cc2)sc2c1CCCC2. The van der Waals surface area contributed by atoms with E-state index < -0.39 is 0 Å². The standard InChI is InChI=1S/C17H16ClN3OS/c1-19-16-13-4-2-3-5-14(13)23-17(16)21-15(22)10-20-12-8-6-11(18)7-9-12/h6-9,20H,2-5,10H2,(H,21,22). The quantitative estimate of drug-likeness (QED) is 0.775. The first-order valence-electron chi connectivity index (χ1n) is 7.48. The molecule has 1 aliphatic carbocycles. The Morgan fingerprint density at radius 3 is 2.74 bits per heavy atom. The third kappa shape index (κ3) is 3.66. The average molecular weight is 346 g/mol. The molecule has 1 aromatic carbocycles. The molecule has 0 saturated carbocycles. The number of carbonyl (C=O) groups excluding carboxylic acids is 1. The summed E-state index contributed by atoms with van der Waals surface area (Å²) >= 11 is 7.38. The van der Waals surface area contributed by atoms with Crippen LogP contribution in [-0.4, -0.2) is 12.5 Å². The molecule has 6 heteroatoms. The van der Waals surface area contributed by atoms with Gasteiger partial charge in [-0.15, -0.1) is 11.3 Å². The molecule has 3 rings (SSSR count). The molecule has 1 aromatic heterocycles. The van der Waals surface area contributed by atoms with Crippen LogP contribution in [0.3, 0.4) is 0 Å². The molecule has 2 N–H and O–H groups in total. The van der Waals surface area contributed by atoms with E-state index in [-0.39, 0.29) is 12.5 Å². The van der Waals surface area contributed by atoms with E-state index in [0.717, 1.165) is 36.9 Å². The molecular formula is C17H16ClN3OS. The van der Waals surface area contributed by atoms with Gasteiger partial charge < -0.3 is 10.6 Å². The lowest BCUT2D eigenvalue weighted by Gasteiger charge is -2.10. The van der Waals surface area contributed by atoms with Crippen molar-refractivity contribution in [3.63, 3.8) is 0 Å². The van der Waals surface area contributed by atoms with Crippen molar-refractivity contribution in [2.24, 2.45) is 0 Å². The normalized spacial score (nSPS) is 13.0. The number of anilines is 2. The first kappa shape index (κ1) is 15.9. The number of hydrogen-bond donors (Lipinski definition) is 2. The molecule has 0 aliphatic heterocycles. The van der Waals surface area contributed by atoms with Crippen LogP contribution in [0.25, 0.3) is 4.85 Å². The van der Waals surface area contributed by atoms with Crippen LogP contribution in [0.5, 0.6) is 0 Å². The number of thiophene rings is 1. The van der Waals surface area contributed by atoms with Gasteiger partial charge in [0.1, 0.15) is 5.00 Å². The number of nitrogens with one attached hydrogen (secondary N) is 2. The maximum absolute atomic E-state index is 12.1. The molecule has 0 unspecified atom stereocenters. The second kappa shape index (κ2) is 7.03. The van der Waals surface area contributed by atoms with Crippen LogP contribution in [-0.2, 0) is 17.6 Å². The molecule has 2 aromatic rings. The summed E-state index contributed by atoms with van der Waals surface area (Å²) in [6.45, 7) is 7.55. The van der Waals surface area contributed by atoms with Crippen molar-refractivity contribution >= 4 is 45.2 Å². The van der Waals surface area contributed by atoms with E-state index in [0.29, 0.717) is 15.7 Å². The topological polar surface area (TPSA) is 45.5 Å². The molecule has 0 fully saturated rings. The van der Waals surface area contributed by atoms with Gasteiger partial charge in [0.2, 0.25) is 11.6 Å². The third-order valence-corrected chi connectivity index (χ3v) is 5.25. The Hall–Kier alpha value is -2.03. The Bertz CT molecular complexity index is 761. The average Bonchev–Trinajstić information content (AvgIpc) is 2.91. The van der Waals surface area contributed by atoms with E-state index in [9.17, 15) is 4.79 Å². The molecule has 1 amide bonds. The predicted octanol–water partition coefficient (Wildman–Crippen LogP) is 4.88. The molecule has 0 saturated heterocycles. The summed E-state index contributed by atoms with van der Waals surface area (Å²) in [4.78, 5) is 17.0. The van der Waals surface area contributed by atoms with Crippen molar-refractivity contribution in [2.75, 3.05) is 17.2 Å². The molecule has 4 nitrogen and oxygen atoms in total. The van der Waals surface area contributed by atoms with Crippen molar-refractivity contribution in [3.05, 3.63) is 51.1 Å². The number of carbonyl (C=O) groups is 1. The van der Waals surface area contributed by atoms with Gasteiger partial charge >= 0.3 is 0 Å². The van der Waals surface area contributed by atoms with Crippen molar-refractivity contribution < 1.29 is 4.79 Å². The van der Waals surface area contributed by atoms with Crippen LogP contribution in [0.15, 0.2) is 24.3 Å². The Morgan fingerprint density at radius 2 is 2.00 bits per heavy atom. The first-order valence-corrected chi connectivity index (χ1v) is 8.68. The summed E-state index contributed by atoms with van der Waals surface area (Å²) in [6, 6.07) is 7.19. The van der Waals surface area contributed by atoms with Crippen molar-refractivity contribution in [1.29, 1.82) is 0 Å². The Labute approximate surface area is 144 Å². The molecule has 0 radical (unpaired) electrons. The highest BCUT2D eigenvalue weighted by Gasteiger charge is 2.21.